The molecule has 0 saturated carbocycles. The monoisotopic (exact) mass is 205 g/mol. The van der Waals surface area contributed by atoms with Crippen LogP contribution in [0.1, 0.15) is 0 Å². The lowest BCUT2D eigenvalue weighted by molar-refractivity contribution is 0.461. The predicted octanol–water partition coefficient (Wildman–Crippen LogP) is 2.72. The van der Waals surface area contributed by atoms with E-state index in [1.165, 1.54) is 0 Å². The third-order valence-electron chi connectivity index (χ3n) is 1.55. The third-order valence-corrected chi connectivity index (χ3v) is 1.80. The van der Waals surface area contributed by atoms with Gasteiger partial charge in [0.25, 0.3) is 0 Å². The molecule has 0 aliphatic rings. The lowest BCUT2D eigenvalue weighted by Crippen LogP contribution is -1.87. The first-order chi connectivity index (χ1) is 6.84. The maximum absolute atomic E-state index is 5.73. The second-order valence-electron chi connectivity index (χ2n) is 2.55. The molecule has 0 unspecified atom stereocenters. The largest absolute Gasteiger partial charge is 0.439 e. The molecule has 69 valence electrons. The number of halogens is 1. The van der Waals surface area contributed by atoms with Crippen LogP contribution in [-0.2, 0) is 0 Å². The summed E-state index contributed by atoms with van der Waals surface area (Å²) in [4.78, 5) is 7.47. The van der Waals surface area contributed by atoms with Gasteiger partial charge in [0.2, 0.25) is 12.2 Å². The Morgan fingerprint density at radius 3 is 2.57 bits per heavy atom. The lowest BCUT2D eigenvalue weighted by Gasteiger charge is -2.02. The number of benzene rings is 1. The van der Waals surface area contributed by atoms with E-state index in [4.69, 9.17) is 16.3 Å². The van der Waals surface area contributed by atoms with E-state index in [9.17, 15) is 0 Å². The van der Waals surface area contributed by atoms with Crippen molar-refractivity contribution in [2.75, 3.05) is 0 Å². The van der Waals surface area contributed by atoms with E-state index in [2.05, 4.69) is 16.3 Å². The quantitative estimate of drug-likeness (QED) is 0.756. The second-order valence-corrected chi connectivity index (χ2v) is 2.99. The van der Waals surface area contributed by atoms with Gasteiger partial charge in [-0.25, -0.2) is 4.98 Å². The highest BCUT2D eigenvalue weighted by Crippen LogP contribution is 2.20. The van der Waals surface area contributed by atoms with Gasteiger partial charge in [0.05, 0.1) is 0 Å². The van der Waals surface area contributed by atoms with Gasteiger partial charge < -0.3 is 4.74 Å². The van der Waals surface area contributed by atoms with Gasteiger partial charge in [-0.05, 0) is 24.3 Å². The van der Waals surface area contributed by atoms with Crippen LogP contribution in [0.2, 0.25) is 5.02 Å². The molecule has 2 aromatic rings. The maximum Gasteiger partial charge on any atom is 0.222 e. The third kappa shape index (κ3) is 2.20. The summed E-state index contributed by atoms with van der Waals surface area (Å²) in [7, 11) is 0. The Balaban J connectivity index is 2.16. The van der Waals surface area contributed by atoms with Crippen molar-refractivity contribution < 1.29 is 4.74 Å². The van der Waals surface area contributed by atoms with Gasteiger partial charge in [-0.3, -0.25) is 0 Å². The predicted molar refractivity (Wildman–Crippen MR) is 52.4 cm³/mol. The zero-order valence-electron chi connectivity index (χ0n) is 7.14. The summed E-state index contributed by atoms with van der Waals surface area (Å²) in [6, 6.07) is 8.70. The average molecular weight is 206 g/mol. The Morgan fingerprint density at radius 2 is 1.93 bits per heavy atom. The van der Waals surface area contributed by atoms with Crippen molar-refractivity contribution in [3.05, 3.63) is 47.9 Å². The molecule has 1 heterocycles. The van der Waals surface area contributed by atoms with Crippen LogP contribution in [0.3, 0.4) is 0 Å². The molecule has 14 heavy (non-hydrogen) atoms. The van der Waals surface area contributed by atoms with Crippen molar-refractivity contribution in [2.45, 2.75) is 0 Å². The van der Waals surface area contributed by atoms with Crippen LogP contribution in [0, 0.1) is 6.33 Å². The molecule has 0 aliphatic carbocycles. The van der Waals surface area contributed by atoms with Crippen LogP contribution in [0.15, 0.2) is 36.5 Å². The highest BCUT2D eigenvalue weighted by atomic mass is 35.5. The van der Waals surface area contributed by atoms with Crippen LogP contribution in [-0.4, -0.2) is 9.97 Å². The summed E-state index contributed by atoms with van der Waals surface area (Å²) < 4.78 is 5.39. The van der Waals surface area contributed by atoms with Crippen molar-refractivity contribution in [1.29, 1.82) is 0 Å². The fraction of sp³-hybridized carbons (Fsp3) is 0. The van der Waals surface area contributed by atoms with E-state index in [1.807, 2.05) is 0 Å². The Hall–Kier alpha value is -1.61. The van der Waals surface area contributed by atoms with Gasteiger partial charge in [0.1, 0.15) is 5.75 Å². The number of ether oxygens (including phenoxy) is 1. The van der Waals surface area contributed by atoms with Gasteiger partial charge in [-0.15, -0.1) is 0 Å². The van der Waals surface area contributed by atoms with Gasteiger partial charge >= 0.3 is 0 Å². The maximum atomic E-state index is 5.73. The lowest BCUT2D eigenvalue weighted by atomic mass is 10.3. The fourth-order valence-electron chi connectivity index (χ4n) is 0.930. The Kier molecular flexibility index (Phi) is 2.60. The molecule has 1 radical (unpaired) electrons. The molecular formula is C10H6ClN2O. The molecule has 0 saturated heterocycles. The molecular weight excluding hydrogens is 200 g/mol. The molecule has 1 aromatic carbocycles. The normalized spacial score (nSPS) is 9.79. The first-order valence-corrected chi connectivity index (χ1v) is 4.35. The molecule has 0 bridgehead atoms. The van der Waals surface area contributed by atoms with Crippen molar-refractivity contribution in [2.24, 2.45) is 0 Å². The van der Waals surface area contributed by atoms with E-state index < -0.39 is 0 Å². The summed E-state index contributed by atoms with van der Waals surface area (Å²) in [5.74, 6) is 1.14. The smallest absolute Gasteiger partial charge is 0.222 e. The van der Waals surface area contributed by atoms with Crippen LogP contribution in [0.25, 0.3) is 0 Å². The number of nitrogens with zero attached hydrogens (tertiary/aromatic N) is 2. The van der Waals surface area contributed by atoms with Crippen molar-refractivity contribution >= 4 is 11.6 Å². The number of hydrogen-bond acceptors (Lipinski definition) is 3. The summed E-state index contributed by atoms with van der Waals surface area (Å²) >= 11 is 5.73. The Morgan fingerprint density at radius 1 is 1.14 bits per heavy atom. The van der Waals surface area contributed by atoms with Crippen LogP contribution >= 0.6 is 11.6 Å². The molecule has 2 rings (SSSR count). The topological polar surface area (TPSA) is 35.0 Å². The second kappa shape index (κ2) is 4.07. The molecule has 0 atom stereocenters. The van der Waals surface area contributed by atoms with Crippen LogP contribution in [0.4, 0.5) is 0 Å². The minimum absolute atomic E-state index is 0.460. The minimum Gasteiger partial charge on any atom is -0.439 e. The highest BCUT2D eigenvalue weighted by molar-refractivity contribution is 6.30. The molecule has 0 spiro atoms. The van der Waals surface area contributed by atoms with E-state index in [0.29, 0.717) is 16.7 Å². The molecule has 1 aromatic heterocycles. The SMILES string of the molecule is Clc1ccc(Oc2ccn[c]n2)cc1. The number of hydrogen-bond donors (Lipinski definition) is 0. The molecule has 0 N–H and O–H groups in total. The summed E-state index contributed by atoms with van der Waals surface area (Å²) in [5.41, 5.74) is 0. The van der Waals surface area contributed by atoms with Crippen molar-refractivity contribution in [3.8, 4) is 11.6 Å². The molecule has 0 aliphatic heterocycles. The molecule has 0 amide bonds. The Bertz CT molecular complexity index is 402. The Labute approximate surface area is 86.3 Å². The average Bonchev–Trinajstić information content (AvgIpc) is 2.23. The van der Waals surface area contributed by atoms with E-state index in [1.54, 1.807) is 36.5 Å². The fourth-order valence-corrected chi connectivity index (χ4v) is 1.06. The van der Waals surface area contributed by atoms with E-state index >= 15 is 0 Å². The summed E-state index contributed by atoms with van der Waals surface area (Å²) in [5, 5.41) is 0.673. The first-order valence-electron chi connectivity index (χ1n) is 3.97. The zero-order valence-corrected chi connectivity index (χ0v) is 7.90. The van der Waals surface area contributed by atoms with Gasteiger partial charge in [0.15, 0.2) is 0 Å². The van der Waals surface area contributed by atoms with Crippen LogP contribution in [0.5, 0.6) is 11.6 Å². The zero-order chi connectivity index (χ0) is 9.80. The van der Waals surface area contributed by atoms with Crippen LogP contribution < -0.4 is 4.74 Å². The summed E-state index contributed by atoms with van der Waals surface area (Å²) in [6.07, 6.45) is 4.01. The molecule has 0 fully saturated rings. The number of rotatable bonds is 2. The summed E-state index contributed by atoms with van der Waals surface area (Å²) in [6.45, 7) is 0. The van der Waals surface area contributed by atoms with Gasteiger partial charge in [-0.2, -0.15) is 4.98 Å². The molecule has 3 nitrogen and oxygen atoms in total. The van der Waals surface area contributed by atoms with Crippen molar-refractivity contribution in [3.63, 3.8) is 0 Å². The van der Waals surface area contributed by atoms with Gasteiger partial charge in [0, 0.05) is 17.3 Å². The standard InChI is InChI=1S/C10H6ClN2O/c11-8-1-3-9(4-2-8)14-10-5-6-12-7-13-10/h1-6H. The van der Waals surface area contributed by atoms with E-state index in [-0.39, 0.29) is 0 Å². The van der Waals surface area contributed by atoms with Gasteiger partial charge in [-0.1, -0.05) is 11.6 Å². The number of aromatic nitrogens is 2. The van der Waals surface area contributed by atoms with Crippen molar-refractivity contribution in [1.82, 2.24) is 9.97 Å². The minimum atomic E-state index is 0.460. The van der Waals surface area contributed by atoms with E-state index in [0.717, 1.165) is 0 Å². The first kappa shape index (κ1) is 8.97. The highest BCUT2D eigenvalue weighted by Gasteiger charge is 1.96. The molecule has 4 heteroatoms.